The lowest BCUT2D eigenvalue weighted by Gasteiger charge is -2.31. The van der Waals surface area contributed by atoms with Crippen LogP contribution < -0.4 is 0 Å². The highest BCUT2D eigenvalue weighted by atomic mass is 19.1. The van der Waals surface area contributed by atoms with Gasteiger partial charge in [-0.15, -0.1) is 0 Å². The zero-order valence-corrected chi connectivity index (χ0v) is 11.8. The van der Waals surface area contributed by atoms with Gasteiger partial charge in [0.25, 0.3) is 0 Å². The quantitative estimate of drug-likeness (QED) is 0.805. The number of benzene rings is 1. The van der Waals surface area contributed by atoms with Crippen molar-refractivity contribution >= 4 is 0 Å². The Hall–Kier alpha value is -0.890. The van der Waals surface area contributed by atoms with Crippen molar-refractivity contribution < 1.29 is 9.50 Å². The van der Waals surface area contributed by atoms with E-state index in [0.29, 0.717) is 5.56 Å². The highest BCUT2D eigenvalue weighted by Crippen LogP contribution is 2.38. The molecule has 19 heavy (non-hydrogen) atoms. The van der Waals surface area contributed by atoms with Crippen LogP contribution in [0.25, 0.3) is 0 Å². The molecular formula is C17H25FO. The van der Waals surface area contributed by atoms with Crippen LogP contribution in [0.2, 0.25) is 0 Å². The molecule has 106 valence electrons. The van der Waals surface area contributed by atoms with Gasteiger partial charge < -0.3 is 5.11 Å². The van der Waals surface area contributed by atoms with E-state index in [2.05, 4.69) is 6.92 Å². The Bertz CT molecular complexity index is 383. The lowest BCUT2D eigenvalue weighted by molar-refractivity contribution is 0.0692. The van der Waals surface area contributed by atoms with Gasteiger partial charge in [0, 0.05) is 5.56 Å². The monoisotopic (exact) mass is 264 g/mol. The molecule has 1 atom stereocenters. The lowest BCUT2D eigenvalue weighted by Crippen LogP contribution is -2.21. The summed E-state index contributed by atoms with van der Waals surface area (Å²) in [6.07, 6.45) is 7.70. The molecule has 1 aromatic rings. The average Bonchev–Trinajstić information content (AvgIpc) is 2.45. The number of aliphatic hydroxyl groups excluding tert-OH is 1. The number of rotatable bonds is 5. The van der Waals surface area contributed by atoms with Crippen molar-refractivity contribution in [1.29, 1.82) is 0 Å². The minimum absolute atomic E-state index is 0.231. The molecule has 1 aliphatic rings. The van der Waals surface area contributed by atoms with Crippen molar-refractivity contribution in [3.63, 3.8) is 0 Å². The summed E-state index contributed by atoms with van der Waals surface area (Å²) in [5, 5.41) is 10.3. The second-order valence-electron chi connectivity index (χ2n) is 5.89. The smallest absolute Gasteiger partial charge is 0.129 e. The molecule has 2 heteroatoms. The van der Waals surface area contributed by atoms with Crippen LogP contribution in [0.5, 0.6) is 0 Å². The van der Waals surface area contributed by atoms with Crippen molar-refractivity contribution in [2.24, 2.45) is 11.8 Å². The van der Waals surface area contributed by atoms with E-state index in [1.165, 1.54) is 38.2 Å². The minimum Gasteiger partial charge on any atom is -0.388 e. The molecule has 1 saturated carbocycles. The first-order chi connectivity index (χ1) is 9.22. The summed E-state index contributed by atoms with van der Waals surface area (Å²) in [5.41, 5.74) is 0.472. The molecule has 1 N–H and O–H groups in total. The molecule has 0 aliphatic heterocycles. The van der Waals surface area contributed by atoms with Gasteiger partial charge in [0.1, 0.15) is 5.82 Å². The van der Waals surface area contributed by atoms with Crippen LogP contribution >= 0.6 is 0 Å². The fourth-order valence-corrected chi connectivity index (χ4v) is 3.25. The molecule has 0 spiro atoms. The van der Waals surface area contributed by atoms with Gasteiger partial charge in [0.15, 0.2) is 0 Å². The van der Waals surface area contributed by atoms with E-state index in [4.69, 9.17) is 0 Å². The van der Waals surface area contributed by atoms with Crippen molar-refractivity contribution in [2.45, 2.75) is 58.0 Å². The van der Waals surface area contributed by atoms with Crippen molar-refractivity contribution in [2.75, 3.05) is 0 Å². The molecule has 1 nitrogen and oxygen atoms in total. The molecule has 0 heterocycles. The average molecular weight is 264 g/mol. The molecule has 1 aliphatic carbocycles. The van der Waals surface area contributed by atoms with E-state index in [-0.39, 0.29) is 11.7 Å². The van der Waals surface area contributed by atoms with Gasteiger partial charge in [-0.3, -0.25) is 0 Å². The molecule has 0 bridgehead atoms. The molecule has 2 rings (SSSR count). The van der Waals surface area contributed by atoms with Crippen molar-refractivity contribution in [1.82, 2.24) is 0 Å². The standard InChI is InChI=1S/C17H25FO/c1-2-3-6-13-9-11-14(12-10-13)17(19)15-7-4-5-8-16(15)18/h4-5,7-8,13-14,17,19H,2-3,6,9-12H2,1H3. The van der Waals surface area contributed by atoms with Gasteiger partial charge in [0.2, 0.25) is 0 Å². The normalized spacial score (nSPS) is 25.2. The molecule has 0 radical (unpaired) electrons. The zero-order chi connectivity index (χ0) is 13.7. The Labute approximate surface area is 115 Å². The summed E-state index contributed by atoms with van der Waals surface area (Å²) in [5.74, 6) is 0.780. The van der Waals surface area contributed by atoms with Crippen molar-refractivity contribution in [3.8, 4) is 0 Å². The van der Waals surface area contributed by atoms with E-state index in [0.717, 1.165) is 18.8 Å². The van der Waals surface area contributed by atoms with Crippen LogP contribution in [0.1, 0.15) is 63.5 Å². The van der Waals surface area contributed by atoms with Crippen LogP contribution in [-0.4, -0.2) is 5.11 Å². The maximum Gasteiger partial charge on any atom is 0.129 e. The fourth-order valence-electron chi connectivity index (χ4n) is 3.25. The van der Waals surface area contributed by atoms with Crippen LogP contribution in [0.3, 0.4) is 0 Å². The van der Waals surface area contributed by atoms with Crippen molar-refractivity contribution in [3.05, 3.63) is 35.6 Å². The highest BCUT2D eigenvalue weighted by Gasteiger charge is 2.28. The molecule has 1 unspecified atom stereocenters. The van der Waals surface area contributed by atoms with Crippen LogP contribution in [-0.2, 0) is 0 Å². The van der Waals surface area contributed by atoms with Crippen LogP contribution in [0.4, 0.5) is 4.39 Å². The largest absolute Gasteiger partial charge is 0.388 e. The molecule has 1 fully saturated rings. The van der Waals surface area contributed by atoms with E-state index in [9.17, 15) is 9.50 Å². The van der Waals surface area contributed by atoms with Gasteiger partial charge in [-0.1, -0.05) is 57.2 Å². The predicted octanol–water partition coefficient (Wildman–Crippen LogP) is 4.86. The molecule has 0 saturated heterocycles. The van der Waals surface area contributed by atoms with Crippen LogP contribution in [0, 0.1) is 17.7 Å². The highest BCUT2D eigenvalue weighted by molar-refractivity contribution is 5.20. The maximum absolute atomic E-state index is 13.7. The van der Waals surface area contributed by atoms with E-state index in [1.54, 1.807) is 18.2 Å². The third-order valence-corrected chi connectivity index (χ3v) is 4.53. The first-order valence-corrected chi connectivity index (χ1v) is 7.64. The van der Waals surface area contributed by atoms with Gasteiger partial charge in [-0.2, -0.15) is 0 Å². The third-order valence-electron chi connectivity index (χ3n) is 4.53. The van der Waals surface area contributed by atoms with Gasteiger partial charge >= 0.3 is 0 Å². The Kier molecular flexibility index (Phi) is 5.38. The Morgan fingerprint density at radius 2 is 1.89 bits per heavy atom. The molecule has 0 amide bonds. The first kappa shape index (κ1) is 14.5. The molecule has 1 aromatic carbocycles. The van der Waals surface area contributed by atoms with Gasteiger partial charge in [-0.25, -0.2) is 4.39 Å². The number of hydrogen-bond acceptors (Lipinski definition) is 1. The topological polar surface area (TPSA) is 20.2 Å². The number of aliphatic hydroxyl groups is 1. The Morgan fingerprint density at radius 1 is 1.21 bits per heavy atom. The third kappa shape index (κ3) is 3.79. The molecular weight excluding hydrogens is 239 g/mol. The minimum atomic E-state index is -0.631. The number of hydrogen-bond donors (Lipinski definition) is 1. The fraction of sp³-hybridized carbons (Fsp3) is 0.647. The second kappa shape index (κ2) is 7.04. The summed E-state index contributed by atoms with van der Waals surface area (Å²) in [6, 6.07) is 6.62. The maximum atomic E-state index is 13.7. The van der Waals surface area contributed by atoms with E-state index < -0.39 is 6.10 Å². The zero-order valence-electron chi connectivity index (χ0n) is 11.8. The predicted molar refractivity (Wildman–Crippen MR) is 76.3 cm³/mol. The summed E-state index contributed by atoms with van der Waals surface area (Å²) in [6.45, 7) is 2.23. The van der Waals surface area contributed by atoms with E-state index >= 15 is 0 Å². The summed E-state index contributed by atoms with van der Waals surface area (Å²) >= 11 is 0. The van der Waals surface area contributed by atoms with Crippen LogP contribution in [0.15, 0.2) is 24.3 Å². The molecule has 0 aromatic heterocycles. The summed E-state index contributed by atoms with van der Waals surface area (Å²) in [7, 11) is 0. The van der Waals surface area contributed by atoms with Gasteiger partial charge in [-0.05, 0) is 30.7 Å². The SMILES string of the molecule is CCCCC1CCC(C(O)c2ccccc2F)CC1. The summed E-state index contributed by atoms with van der Waals surface area (Å²) < 4.78 is 13.7. The van der Waals surface area contributed by atoms with Gasteiger partial charge in [0.05, 0.1) is 6.10 Å². The number of halogens is 1. The number of unbranched alkanes of at least 4 members (excludes halogenated alkanes) is 1. The summed E-state index contributed by atoms with van der Waals surface area (Å²) in [4.78, 5) is 0. The Morgan fingerprint density at radius 3 is 2.53 bits per heavy atom. The van der Waals surface area contributed by atoms with E-state index in [1.807, 2.05) is 0 Å². The lowest BCUT2D eigenvalue weighted by atomic mass is 9.76. The first-order valence-electron chi connectivity index (χ1n) is 7.64. The second-order valence-corrected chi connectivity index (χ2v) is 5.89. The Balaban J connectivity index is 1.89.